The van der Waals surface area contributed by atoms with Gasteiger partial charge in [0.05, 0.1) is 6.42 Å². The van der Waals surface area contributed by atoms with Gasteiger partial charge in [-0.3, -0.25) is 4.79 Å². The maximum Gasteiger partial charge on any atom is 0.307 e. The average Bonchev–Trinajstić information content (AvgIpc) is 2.19. The third kappa shape index (κ3) is 3.55. The quantitative estimate of drug-likeness (QED) is 0.787. The minimum Gasteiger partial charge on any atom is -0.481 e. The number of hydrogen-bond donors (Lipinski definition) is 1. The minimum atomic E-state index is -1.01. The van der Waals surface area contributed by atoms with Crippen molar-refractivity contribution in [2.45, 2.75) is 24.7 Å². The monoisotopic (exact) mass is 228 g/mol. The summed E-state index contributed by atoms with van der Waals surface area (Å²) in [5.41, 5.74) is 0.253. The van der Waals surface area contributed by atoms with Crippen molar-refractivity contribution >= 4 is 17.7 Å². The van der Waals surface area contributed by atoms with E-state index in [1.165, 1.54) is 17.8 Å². The van der Waals surface area contributed by atoms with E-state index in [0.29, 0.717) is 4.90 Å². The number of benzene rings is 1. The van der Waals surface area contributed by atoms with Crippen LogP contribution in [0, 0.1) is 5.82 Å². The maximum atomic E-state index is 13.7. The van der Waals surface area contributed by atoms with Crippen molar-refractivity contribution in [3.63, 3.8) is 0 Å². The topological polar surface area (TPSA) is 37.3 Å². The minimum absolute atomic E-state index is 0.253. The van der Waals surface area contributed by atoms with Gasteiger partial charge in [-0.15, -0.1) is 11.8 Å². The van der Waals surface area contributed by atoms with E-state index in [9.17, 15) is 9.18 Å². The Labute approximate surface area is 92.5 Å². The lowest BCUT2D eigenvalue weighted by Gasteiger charge is -2.05. The molecule has 0 fully saturated rings. The van der Waals surface area contributed by atoms with Gasteiger partial charge in [-0.25, -0.2) is 4.39 Å². The lowest BCUT2D eigenvalue weighted by molar-refractivity contribution is -0.136. The summed E-state index contributed by atoms with van der Waals surface area (Å²) in [6, 6.07) is 4.89. The van der Waals surface area contributed by atoms with Crippen molar-refractivity contribution in [2.24, 2.45) is 0 Å². The Kier molecular flexibility index (Phi) is 4.62. The summed E-state index contributed by atoms with van der Waals surface area (Å²) in [6.07, 6.45) is 0.708. The normalized spacial score (nSPS) is 10.3. The van der Waals surface area contributed by atoms with Crippen molar-refractivity contribution in [1.29, 1.82) is 0 Å². The van der Waals surface area contributed by atoms with Gasteiger partial charge in [0, 0.05) is 10.5 Å². The first-order valence-electron chi connectivity index (χ1n) is 4.77. The van der Waals surface area contributed by atoms with Gasteiger partial charge >= 0.3 is 5.97 Å². The highest BCUT2D eigenvalue weighted by Crippen LogP contribution is 2.24. The molecule has 0 aliphatic rings. The van der Waals surface area contributed by atoms with Gasteiger partial charge in [-0.1, -0.05) is 19.1 Å². The van der Waals surface area contributed by atoms with E-state index in [2.05, 4.69) is 0 Å². The predicted octanol–water partition coefficient (Wildman–Crippen LogP) is 2.95. The van der Waals surface area contributed by atoms with Crippen molar-refractivity contribution in [2.75, 3.05) is 5.75 Å². The largest absolute Gasteiger partial charge is 0.481 e. The van der Waals surface area contributed by atoms with E-state index in [-0.39, 0.29) is 12.0 Å². The highest BCUT2D eigenvalue weighted by atomic mass is 32.2. The Bertz CT molecular complexity index is 352. The standard InChI is InChI=1S/C11H13FO2S/c1-2-6-15-9-5-3-4-8(11(9)12)7-10(13)14/h3-5H,2,6-7H2,1H3,(H,13,14). The molecule has 0 unspecified atom stereocenters. The van der Waals surface area contributed by atoms with Gasteiger partial charge in [-0.2, -0.15) is 0 Å². The number of thioether (sulfide) groups is 1. The summed E-state index contributed by atoms with van der Waals surface area (Å²) in [6.45, 7) is 2.02. The molecule has 1 aromatic rings. The highest BCUT2D eigenvalue weighted by molar-refractivity contribution is 7.99. The van der Waals surface area contributed by atoms with Crippen molar-refractivity contribution in [1.82, 2.24) is 0 Å². The molecule has 0 aromatic heterocycles. The molecule has 15 heavy (non-hydrogen) atoms. The Morgan fingerprint density at radius 3 is 2.87 bits per heavy atom. The summed E-state index contributed by atoms with van der Waals surface area (Å²) in [4.78, 5) is 11.0. The molecular weight excluding hydrogens is 215 g/mol. The lowest BCUT2D eigenvalue weighted by atomic mass is 10.1. The summed E-state index contributed by atoms with van der Waals surface area (Å²) >= 11 is 1.42. The van der Waals surface area contributed by atoms with E-state index in [1.807, 2.05) is 6.92 Å². The number of carboxylic acids is 1. The van der Waals surface area contributed by atoms with Crippen molar-refractivity contribution in [3.8, 4) is 0 Å². The molecule has 0 saturated carbocycles. The Balaban J connectivity index is 2.85. The first-order valence-corrected chi connectivity index (χ1v) is 5.75. The van der Waals surface area contributed by atoms with Crippen LogP contribution in [0.4, 0.5) is 4.39 Å². The fourth-order valence-corrected chi connectivity index (χ4v) is 2.04. The first kappa shape index (κ1) is 12.0. The maximum absolute atomic E-state index is 13.7. The van der Waals surface area contributed by atoms with Crippen LogP contribution in [0.3, 0.4) is 0 Å². The second-order valence-electron chi connectivity index (χ2n) is 3.15. The predicted molar refractivity (Wildman–Crippen MR) is 58.8 cm³/mol. The molecule has 0 heterocycles. The van der Waals surface area contributed by atoms with Crippen LogP contribution in [-0.4, -0.2) is 16.8 Å². The van der Waals surface area contributed by atoms with Gasteiger partial charge in [0.1, 0.15) is 5.82 Å². The zero-order chi connectivity index (χ0) is 11.3. The molecule has 2 nitrogen and oxygen atoms in total. The number of carboxylic acid groups (broad SMARTS) is 1. The molecule has 4 heteroatoms. The van der Waals surface area contributed by atoms with Crippen LogP contribution in [0.15, 0.2) is 23.1 Å². The molecule has 1 aromatic carbocycles. The number of halogens is 1. The van der Waals surface area contributed by atoms with Crippen LogP contribution in [-0.2, 0) is 11.2 Å². The highest BCUT2D eigenvalue weighted by Gasteiger charge is 2.10. The molecule has 0 aliphatic heterocycles. The van der Waals surface area contributed by atoms with Crippen LogP contribution in [0.5, 0.6) is 0 Å². The Hall–Kier alpha value is -1.03. The second kappa shape index (κ2) is 5.75. The van der Waals surface area contributed by atoms with Crippen LogP contribution >= 0.6 is 11.8 Å². The first-order chi connectivity index (χ1) is 7.15. The third-order valence-electron chi connectivity index (χ3n) is 1.85. The molecular formula is C11H13FO2S. The SMILES string of the molecule is CCCSc1cccc(CC(=O)O)c1F. The molecule has 1 N–H and O–H groups in total. The Morgan fingerprint density at radius 2 is 2.27 bits per heavy atom. The summed E-state index contributed by atoms with van der Waals surface area (Å²) in [7, 11) is 0. The molecule has 0 radical (unpaired) electrons. The fourth-order valence-electron chi connectivity index (χ4n) is 1.18. The van der Waals surface area contributed by atoms with Crippen molar-refractivity contribution < 1.29 is 14.3 Å². The van der Waals surface area contributed by atoms with Gasteiger partial charge in [0.15, 0.2) is 0 Å². The molecule has 0 atom stereocenters. The number of aliphatic carboxylic acids is 1. The van der Waals surface area contributed by atoms with E-state index in [0.717, 1.165) is 12.2 Å². The lowest BCUT2D eigenvalue weighted by Crippen LogP contribution is -2.03. The molecule has 82 valence electrons. The average molecular weight is 228 g/mol. The van der Waals surface area contributed by atoms with Crippen LogP contribution in [0.1, 0.15) is 18.9 Å². The number of rotatable bonds is 5. The number of carbonyl (C=O) groups is 1. The molecule has 0 spiro atoms. The Morgan fingerprint density at radius 1 is 1.53 bits per heavy atom. The van der Waals surface area contributed by atoms with Gasteiger partial charge in [-0.05, 0) is 18.2 Å². The zero-order valence-corrected chi connectivity index (χ0v) is 9.31. The summed E-state index contributed by atoms with van der Waals surface area (Å²) in [5, 5.41) is 8.58. The van der Waals surface area contributed by atoms with Crippen LogP contribution < -0.4 is 0 Å². The van der Waals surface area contributed by atoms with Gasteiger partial charge in [0.25, 0.3) is 0 Å². The number of hydrogen-bond acceptors (Lipinski definition) is 2. The van der Waals surface area contributed by atoms with Crippen LogP contribution in [0.2, 0.25) is 0 Å². The molecule has 0 amide bonds. The molecule has 0 aliphatic carbocycles. The zero-order valence-electron chi connectivity index (χ0n) is 8.50. The third-order valence-corrected chi connectivity index (χ3v) is 3.09. The molecule has 0 bridgehead atoms. The summed E-state index contributed by atoms with van der Waals surface area (Å²) in [5.74, 6) is -0.558. The fraction of sp³-hybridized carbons (Fsp3) is 0.364. The van der Waals surface area contributed by atoms with Gasteiger partial charge < -0.3 is 5.11 Å². The van der Waals surface area contributed by atoms with Gasteiger partial charge in [0.2, 0.25) is 0 Å². The van der Waals surface area contributed by atoms with E-state index < -0.39 is 11.8 Å². The van der Waals surface area contributed by atoms with E-state index in [4.69, 9.17) is 5.11 Å². The smallest absolute Gasteiger partial charge is 0.307 e. The summed E-state index contributed by atoms with van der Waals surface area (Å²) < 4.78 is 13.7. The van der Waals surface area contributed by atoms with E-state index >= 15 is 0 Å². The van der Waals surface area contributed by atoms with Crippen molar-refractivity contribution in [3.05, 3.63) is 29.6 Å². The van der Waals surface area contributed by atoms with Crippen LogP contribution in [0.25, 0.3) is 0 Å². The molecule has 0 saturated heterocycles. The van der Waals surface area contributed by atoms with E-state index in [1.54, 1.807) is 12.1 Å². The second-order valence-corrected chi connectivity index (χ2v) is 4.28. The molecule has 1 rings (SSSR count).